The molecule has 0 saturated carbocycles. The Balaban J connectivity index is 1.98. The number of para-hydroxylation sites is 2. The molecule has 0 saturated heterocycles. The van der Waals surface area contributed by atoms with Gasteiger partial charge in [-0.2, -0.15) is 0 Å². The van der Waals surface area contributed by atoms with Crippen LogP contribution in [0.15, 0.2) is 60.7 Å². The van der Waals surface area contributed by atoms with Gasteiger partial charge in [0.05, 0.1) is 4.92 Å². The molecule has 0 spiro atoms. The van der Waals surface area contributed by atoms with Crippen molar-refractivity contribution >= 4 is 29.2 Å². The van der Waals surface area contributed by atoms with Crippen molar-refractivity contribution in [3.05, 3.63) is 75.8 Å². The van der Waals surface area contributed by atoms with Crippen molar-refractivity contribution in [2.75, 3.05) is 0 Å². The van der Waals surface area contributed by atoms with Crippen molar-refractivity contribution in [2.45, 2.75) is 0 Å². The Morgan fingerprint density at radius 3 is 2.33 bits per heavy atom. The molecule has 0 aromatic heterocycles. The van der Waals surface area contributed by atoms with E-state index in [-0.39, 0.29) is 17.2 Å². The molecule has 0 heterocycles. The van der Waals surface area contributed by atoms with Crippen molar-refractivity contribution in [3.63, 3.8) is 0 Å². The average molecular weight is 348 g/mol. The zero-order valence-electron chi connectivity index (χ0n) is 12.0. The van der Waals surface area contributed by atoms with E-state index in [0.717, 1.165) is 12.2 Å². The molecule has 8 heteroatoms. The van der Waals surface area contributed by atoms with Crippen molar-refractivity contribution < 1.29 is 24.0 Å². The molecule has 0 atom stereocenters. The first kappa shape index (κ1) is 17.2. The van der Waals surface area contributed by atoms with Crippen LogP contribution in [0.2, 0.25) is 5.02 Å². The Hall–Kier alpha value is -3.19. The van der Waals surface area contributed by atoms with Gasteiger partial charge in [-0.05, 0) is 24.3 Å². The fourth-order valence-corrected chi connectivity index (χ4v) is 1.83. The minimum absolute atomic E-state index is 0.212. The maximum absolute atomic E-state index is 11.6. The number of carbonyl (C=O) groups is 2. The number of halogens is 1. The molecular weight excluding hydrogens is 338 g/mol. The molecule has 0 N–H and O–H groups in total. The summed E-state index contributed by atoms with van der Waals surface area (Å²) in [6, 6.07) is 11.5. The van der Waals surface area contributed by atoms with Crippen LogP contribution < -0.4 is 9.47 Å². The Morgan fingerprint density at radius 1 is 1.00 bits per heavy atom. The van der Waals surface area contributed by atoms with Gasteiger partial charge in [-0.3, -0.25) is 10.1 Å². The third kappa shape index (κ3) is 4.92. The van der Waals surface area contributed by atoms with Gasteiger partial charge in [0.25, 0.3) is 0 Å². The topological polar surface area (TPSA) is 95.7 Å². The molecule has 0 unspecified atom stereocenters. The number of benzene rings is 2. The van der Waals surface area contributed by atoms with E-state index in [0.29, 0.717) is 5.02 Å². The molecular formula is C16H10ClNO6. The van der Waals surface area contributed by atoms with E-state index in [1.165, 1.54) is 36.4 Å². The number of nitrogens with zero attached hydrogens (tertiary/aromatic N) is 1. The summed E-state index contributed by atoms with van der Waals surface area (Å²) in [5.74, 6) is -1.78. The predicted molar refractivity (Wildman–Crippen MR) is 85.0 cm³/mol. The van der Waals surface area contributed by atoms with Crippen LogP contribution in [-0.4, -0.2) is 16.9 Å². The van der Waals surface area contributed by atoms with E-state index in [4.69, 9.17) is 21.1 Å². The number of nitro groups is 1. The minimum atomic E-state index is -0.952. The normalized spacial score (nSPS) is 10.4. The smallest absolute Gasteiger partial charge is 0.336 e. The fourth-order valence-electron chi connectivity index (χ4n) is 1.65. The van der Waals surface area contributed by atoms with Gasteiger partial charge in [0.15, 0.2) is 0 Å². The van der Waals surface area contributed by atoms with Crippen LogP contribution in [0, 0.1) is 10.1 Å². The van der Waals surface area contributed by atoms with Crippen molar-refractivity contribution in [2.24, 2.45) is 0 Å². The average Bonchev–Trinajstić information content (AvgIpc) is 2.53. The summed E-state index contributed by atoms with van der Waals surface area (Å²) in [5.41, 5.74) is -0.360. The van der Waals surface area contributed by atoms with Gasteiger partial charge < -0.3 is 9.47 Å². The number of hydrogen-bond donors (Lipinski definition) is 0. The van der Waals surface area contributed by atoms with E-state index in [9.17, 15) is 19.7 Å². The maximum atomic E-state index is 11.6. The predicted octanol–water partition coefficient (Wildman–Crippen LogP) is 3.32. The number of rotatable bonds is 5. The lowest BCUT2D eigenvalue weighted by Gasteiger charge is -2.02. The molecule has 122 valence electrons. The first-order valence-corrected chi connectivity index (χ1v) is 6.94. The van der Waals surface area contributed by atoms with E-state index >= 15 is 0 Å². The third-order valence-electron chi connectivity index (χ3n) is 2.64. The lowest BCUT2D eigenvalue weighted by atomic mass is 10.3. The second kappa shape index (κ2) is 7.89. The van der Waals surface area contributed by atoms with Gasteiger partial charge in [-0.1, -0.05) is 29.8 Å². The van der Waals surface area contributed by atoms with Gasteiger partial charge in [0.1, 0.15) is 5.75 Å². The second-order valence-corrected chi connectivity index (χ2v) is 4.79. The summed E-state index contributed by atoms with van der Waals surface area (Å²) >= 11 is 5.75. The molecule has 2 aromatic carbocycles. The lowest BCUT2D eigenvalue weighted by Crippen LogP contribution is -2.09. The summed E-state index contributed by atoms with van der Waals surface area (Å²) in [5, 5.41) is 11.2. The molecule has 0 aliphatic heterocycles. The molecule has 0 fully saturated rings. The van der Waals surface area contributed by atoms with Crippen LogP contribution in [0.25, 0.3) is 0 Å². The van der Waals surface area contributed by atoms with E-state index in [1.807, 2.05) is 0 Å². The van der Waals surface area contributed by atoms with Crippen LogP contribution in [0.4, 0.5) is 5.69 Å². The van der Waals surface area contributed by atoms with Crippen molar-refractivity contribution in [3.8, 4) is 11.5 Å². The maximum Gasteiger partial charge on any atom is 0.336 e. The molecule has 2 rings (SSSR count). The van der Waals surface area contributed by atoms with Crippen molar-refractivity contribution in [1.82, 2.24) is 0 Å². The first-order valence-electron chi connectivity index (χ1n) is 6.56. The molecule has 0 radical (unpaired) electrons. The first-order chi connectivity index (χ1) is 11.5. The zero-order chi connectivity index (χ0) is 17.5. The Labute approximate surface area is 141 Å². The van der Waals surface area contributed by atoms with E-state index in [1.54, 1.807) is 12.1 Å². The van der Waals surface area contributed by atoms with E-state index < -0.39 is 16.9 Å². The Morgan fingerprint density at radius 2 is 1.67 bits per heavy atom. The Bertz CT molecular complexity index is 818. The molecule has 0 amide bonds. The monoisotopic (exact) mass is 347 g/mol. The van der Waals surface area contributed by atoms with Crippen molar-refractivity contribution in [1.29, 1.82) is 0 Å². The highest BCUT2D eigenvalue weighted by Crippen LogP contribution is 2.25. The molecule has 2 aromatic rings. The highest BCUT2D eigenvalue weighted by molar-refractivity contribution is 6.30. The van der Waals surface area contributed by atoms with Crippen LogP contribution in [0.5, 0.6) is 11.5 Å². The second-order valence-electron chi connectivity index (χ2n) is 4.36. The largest absolute Gasteiger partial charge is 0.423 e. The number of ether oxygens (including phenoxy) is 2. The standard InChI is InChI=1S/C16H10ClNO6/c17-11-4-3-5-12(10-11)23-15(19)8-9-16(20)24-14-7-2-1-6-13(14)18(21)22/h1-10H/b9-8+. The van der Waals surface area contributed by atoms with Gasteiger partial charge >= 0.3 is 17.6 Å². The summed E-state index contributed by atoms with van der Waals surface area (Å²) in [7, 11) is 0. The molecule has 0 bridgehead atoms. The van der Waals surface area contributed by atoms with Gasteiger partial charge in [-0.15, -0.1) is 0 Å². The number of carbonyl (C=O) groups excluding carboxylic acids is 2. The highest BCUT2D eigenvalue weighted by Gasteiger charge is 2.16. The van der Waals surface area contributed by atoms with Crippen LogP contribution in [-0.2, 0) is 9.59 Å². The summed E-state index contributed by atoms with van der Waals surface area (Å²) in [6.07, 6.45) is 1.65. The lowest BCUT2D eigenvalue weighted by molar-refractivity contribution is -0.385. The molecule has 0 aliphatic rings. The molecule has 7 nitrogen and oxygen atoms in total. The Kier molecular flexibility index (Phi) is 5.64. The third-order valence-corrected chi connectivity index (χ3v) is 2.88. The molecule has 0 aliphatic carbocycles. The number of esters is 2. The van der Waals surface area contributed by atoms with E-state index in [2.05, 4.69) is 0 Å². The quantitative estimate of drug-likeness (QED) is 0.271. The van der Waals surface area contributed by atoms with Crippen LogP contribution in [0.1, 0.15) is 0 Å². The van der Waals surface area contributed by atoms with Gasteiger partial charge in [-0.25, -0.2) is 9.59 Å². The fraction of sp³-hybridized carbons (Fsp3) is 0. The summed E-state index contributed by atoms with van der Waals surface area (Å²) in [4.78, 5) is 33.4. The number of nitro benzene ring substituents is 1. The van der Waals surface area contributed by atoms with Gasteiger partial charge in [0, 0.05) is 23.2 Å². The zero-order valence-corrected chi connectivity index (χ0v) is 12.8. The van der Waals surface area contributed by atoms with Gasteiger partial charge in [0.2, 0.25) is 5.75 Å². The number of hydrogen-bond acceptors (Lipinski definition) is 6. The van der Waals surface area contributed by atoms with Crippen LogP contribution >= 0.6 is 11.6 Å². The molecule has 24 heavy (non-hydrogen) atoms. The highest BCUT2D eigenvalue weighted by atomic mass is 35.5. The minimum Gasteiger partial charge on any atom is -0.423 e. The van der Waals surface area contributed by atoms with Crippen LogP contribution in [0.3, 0.4) is 0 Å². The summed E-state index contributed by atoms with van der Waals surface area (Å²) < 4.78 is 9.76. The SMILES string of the molecule is O=C(/C=C/C(=O)Oc1ccccc1[N+](=O)[O-])Oc1cccc(Cl)c1. The summed E-state index contributed by atoms with van der Waals surface area (Å²) in [6.45, 7) is 0.